The highest BCUT2D eigenvalue weighted by atomic mass is 32.2. The molecule has 0 amide bonds. The largest absolute Gasteiger partial charge is 0.480 e. The smallest absolute Gasteiger partial charge is 0.314 e. The third kappa shape index (κ3) is 4.72. The Morgan fingerprint density at radius 3 is 2.56 bits per heavy atom. The predicted molar refractivity (Wildman–Crippen MR) is 133 cm³/mol. The number of fused-ring (bicyclic) bond motifs is 1. The van der Waals surface area contributed by atoms with E-state index in [1.807, 2.05) is 22.8 Å². The van der Waals surface area contributed by atoms with Crippen molar-refractivity contribution in [3.8, 4) is 17.0 Å². The summed E-state index contributed by atoms with van der Waals surface area (Å²) in [6.07, 6.45) is 4.95. The minimum atomic E-state index is -4.33. The Morgan fingerprint density at radius 1 is 1.14 bits per heavy atom. The van der Waals surface area contributed by atoms with Gasteiger partial charge in [0, 0.05) is 24.2 Å². The summed E-state index contributed by atoms with van der Waals surface area (Å²) in [5, 5.41) is 0. The lowest BCUT2D eigenvalue weighted by molar-refractivity contribution is -0.165. The van der Waals surface area contributed by atoms with Crippen molar-refractivity contribution >= 4 is 33.5 Å². The van der Waals surface area contributed by atoms with Gasteiger partial charge in [0.1, 0.15) is 4.90 Å². The van der Waals surface area contributed by atoms with E-state index < -0.39 is 15.6 Å². The van der Waals surface area contributed by atoms with Crippen LogP contribution in [0.1, 0.15) is 26.3 Å². The lowest BCUT2D eigenvalue weighted by Gasteiger charge is -2.31. The number of pyridine rings is 2. The summed E-state index contributed by atoms with van der Waals surface area (Å²) in [5.74, 6) is 0.211. The maximum absolute atomic E-state index is 13.5. The number of benzene rings is 1. The molecule has 0 fully saturated rings. The first kappa shape index (κ1) is 25.1. The van der Waals surface area contributed by atoms with E-state index in [0.717, 1.165) is 11.1 Å². The fraction of sp³-hybridized carbons (Fsp3) is 0.250. The van der Waals surface area contributed by atoms with Gasteiger partial charge < -0.3 is 19.9 Å². The average molecular weight is 511 g/mol. The Morgan fingerprint density at radius 2 is 1.92 bits per heavy atom. The van der Waals surface area contributed by atoms with E-state index >= 15 is 0 Å². The standard InChI is InChI=1S/C24H26N6O5S/c1-24(2,3)30(35-15-31)36(32,33)21-11-18(13-27-22(21)34-4)17-7-8-19-20(10-17)29(23(25)28-19)14-16-6-5-9-26-12-16/h5-13,15H,14H2,1-4H3,(H2,25,28). The van der Waals surface area contributed by atoms with Crippen LogP contribution in [0.4, 0.5) is 5.95 Å². The zero-order valence-corrected chi connectivity index (χ0v) is 21.1. The summed E-state index contributed by atoms with van der Waals surface area (Å²) in [6, 6.07) is 10.7. The predicted octanol–water partition coefficient (Wildman–Crippen LogP) is 3.01. The number of carbonyl (C=O) groups is 1. The van der Waals surface area contributed by atoms with Crippen LogP contribution in [-0.4, -0.2) is 51.5 Å². The zero-order valence-electron chi connectivity index (χ0n) is 20.2. The van der Waals surface area contributed by atoms with E-state index in [1.54, 1.807) is 45.3 Å². The number of sulfonamides is 1. The van der Waals surface area contributed by atoms with Crippen LogP contribution in [0.2, 0.25) is 0 Å². The number of aromatic nitrogens is 4. The third-order valence-corrected chi connectivity index (χ3v) is 7.29. The van der Waals surface area contributed by atoms with Gasteiger partial charge in [-0.1, -0.05) is 12.1 Å². The molecule has 0 aliphatic carbocycles. The number of nitrogen functional groups attached to an aromatic ring is 1. The SMILES string of the molecule is COc1ncc(-c2ccc3nc(N)n(Cc4cccnc4)c3c2)cc1S(=O)(=O)N(OC=O)C(C)(C)C. The number of nitrogens with zero attached hydrogens (tertiary/aromatic N) is 5. The molecule has 1 aromatic carbocycles. The average Bonchev–Trinajstić information content (AvgIpc) is 3.16. The number of hydroxylamine groups is 1. The molecule has 0 saturated heterocycles. The van der Waals surface area contributed by atoms with E-state index in [2.05, 4.69) is 15.0 Å². The van der Waals surface area contributed by atoms with Crippen molar-refractivity contribution in [3.05, 3.63) is 60.6 Å². The molecule has 4 rings (SSSR count). The lowest BCUT2D eigenvalue weighted by atomic mass is 10.1. The molecule has 2 N–H and O–H groups in total. The zero-order chi connectivity index (χ0) is 26.1. The molecule has 12 heteroatoms. The van der Waals surface area contributed by atoms with E-state index in [1.165, 1.54) is 19.4 Å². The second kappa shape index (κ2) is 9.55. The first-order valence-corrected chi connectivity index (χ1v) is 12.3. The number of hydrogen-bond donors (Lipinski definition) is 1. The maximum Gasteiger partial charge on any atom is 0.314 e. The number of anilines is 1. The summed E-state index contributed by atoms with van der Waals surface area (Å²) < 4.78 is 34.7. The fourth-order valence-electron chi connectivity index (χ4n) is 3.79. The van der Waals surface area contributed by atoms with Gasteiger partial charge in [-0.05, 0) is 60.6 Å². The van der Waals surface area contributed by atoms with E-state index in [-0.39, 0.29) is 17.2 Å². The van der Waals surface area contributed by atoms with Gasteiger partial charge in [0.15, 0.2) is 0 Å². The molecule has 0 bridgehead atoms. The minimum Gasteiger partial charge on any atom is -0.480 e. The number of methoxy groups -OCH3 is 1. The normalized spacial score (nSPS) is 12.1. The molecule has 0 saturated carbocycles. The number of hydrogen-bond acceptors (Lipinski definition) is 9. The molecular formula is C24H26N6O5S. The molecule has 36 heavy (non-hydrogen) atoms. The van der Waals surface area contributed by atoms with E-state index in [4.69, 9.17) is 15.3 Å². The van der Waals surface area contributed by atoms with Gasteiger partial charge in [-0.15, -0.1) is 0 Å². The summed E-state index contributed by atoms with van der Waals surface area (Å²) >= 11 is 0. The highest BCUT2D eigenvalue weighted by molar-refractivity contribution is 7.89. The van der Waals surface area contributed by atoms with Crippen molar-refractivity contribution in [3.63, 3.8) is 0 Å². The van der Waals surface area contributed by atoms with E-state index in [9.17, 15) is 13.2 Å². The maximum atomic E-state index is 13.5. The van der Waals surface area contributed by atoms with Gasteiger partial charge in [0.2, 0.25) is 11.8 Å². The van der Waals surface area contributed by atoms with Crippen molar-refractivity contribution in [2.45, 2.75) is 37.8 Å². The Balaban J connectivity index is 1.83. The minimum absolute atomic E-state index is 0.0638. The topological polar surface area (TPSA) is 143 Å². The van der Waals surface area contributed by atoms with Gasteiger partial charge in [-0.3, -0.25) is 9.78 Å². The van der Waals surface area contributed by atoms with Crippen LogP contribution in [-0.2, 0) is 26.2 Å². The summed E-state index contributed by atoms with van der Waals surface area (Å²) in [7, 11) is -3.02. The van der Waals surface area contributed by atoms with Crippen LogP contribution >= 0.6 is 0 Å². The highest BCUT2D eigenvalue weighted by Crippen LogP contribution is 2.34. The molecule has 0 aliphatic rings. The highest BCUT2D eigenvalue weighted by Gasteiger charge is 2.39. The van der Waals surface area contributed by atoms with Crippen molar-refractivity contribution in [1.29, 1.82) is 0 Å². The number of imidazole rings is 1. The summed E-state index contributed by atoms with van der Waals surface area (Å²) in [5.41, 5.74) is 8.71. The molecule has 188 valence electrons. The number of carbonyl (C=O) groups excluding carboxylic acids is 1. The van der Waals surface area contributed by atoms with Crippen LogP contribution in [0.15, 0.2) is 59.9 Å². The van der Waals surface area contributed by atoms with Crippen LogP contribution < -0.4 is 10.5 Å². The number of nitrogens with two attached hydrogens (primary N) is 1. The van der Waals surface area contributed by atoms with Crippen molar-refractivity contribution in [1.82, 2.24) is 24.0 Å². The molecule has 0 atom stereocenters. The Hall–Kier alpha value is -4.03. The van der Waals surface area contributed by atoms with Gasteiger partial charge in [0.25, 0.3) is 10.0 Å². The second-order valence-corrected chi connectivity index (χ2v) is 10.7. The van der Waals surface area contributed by atoms with Crippen LogP contribution in [0.5, 0.6) is 5.88 Å². The number of ether oxygens (including phenoxy) is 1. The van der Waals surface area contributed by atoms with Gasteiger partial charge in [0.05, 0.1) is 30.2 Å². The molecule has 4 aromatic rings. The van der Waals surface area contributed by atoms with Gasteiger partial charge in [-0.2, -0.15) is 0 Å². The molecule has 0 radical (unpaired) electrons. The monoisotopic (exact) mass is 510 g/mol. The first-order valence-electron chi connectivity index (χ1n) is 10.9. The Labute approximate surface area is 208 Å². The van der Waals surface area contributed by atoms with Crippen LogP contribution in [0.3, 0.4) is 0 Å². The molecule has 11 nitrogen and oxygen atoms in total. The quantitative estimate of drug-likeness (QED) is 0.279. The number of rotatable bonds is 8. The van der Waals surface area contributed by atoms with Crippen molar-refractivity contribution in [2.24, 2.45) is 0 Å². The first-order chi connectivity index (χ1) is 17.1. The Kier molecular flexibility index (Phi) is 6.65. The molecule has 0 spiro atoms. The van der Waals surface area contributed by atoms with Crippen LogP contribution in [0, 0.1) is 0 Å². The Bertz CT molecular complexity index is 1510. The molecule has 3 aromatic heterocycles. The molecule has 0 unspecified atom stereocenters. The lowest BCUT2D eigenvalue weighted by Crippen LogP contribution is -2.45. The summed E-state index contributed by atoms with van der Waals surface area (Å²) in [4.78, 5) is 28.5. The molecule has 0 aliphatic heterocycles. The van der Waals surface area contributed by atoms with E-state index in [0.29, 0.717) is 33.6 Å². The van der Waals surface area contributed by atoms with Gasteiger partial charge >= 0.3 is 6.47 Å². The van der Waals surface area contributed by atoms with Gasteiger partial charge in [-0.25, -0.2) is 18.4 Å². The summed E-state index contributed by atoms with van der Waals surface area (Å²) in [6.45, 7) is 5.32. The fourth-order valence-corrected chi connectivity index (χ4v) is 5.47. The molecule has 3 heterocycles. The third-order valence-electron chi connectivity index (χ3n) is 5.37. The second-order valence-electron chi connectivity index (χ2n) is 8.96. The van der Waals surface area contributed by atoms with Crippen molar-refractivity contribution in [2.75, 3.05) is 12.8 Å². The van der Waals surface area contributed by atoms with Crippen molar-refractivity contribution < 1.29 is 22.8 Å². The molecular weight excluding hydrogens is 484 g/mol. The van der Waals surface area contributed by atoms with Crippen LogP contribution in [0.25, 0.3) is 22.2 Å².